The van der Waals surface area contributed by atoms with Crippen LogP contribution in [0.1, 0.15) is 91.5 Å². The van der Waals surface area contributed by atoms with Crippen molar-refractivity contribution in [1.82, 2.24) is 0 Å². The van der Waals surface area contributed by atoms with Crippen molar-refractivity contribution in [3.63, 3.8) is 0 Å². The van der Waals surface area contributed by atoms with Gasteiger partial charge in [0, 0.05) is 68.9 Å². The smallest absolute Gasteiger partial charge is 0 e. The van der Waals surface area contributed by atoms with Gasteiger partial charge in [-0.05, 0) is 0 Å². The van der Waals surface area contributed by atoms with E-state index < -0.39 is 0 Å². The predicted molar refractivity (Wildman–Crippen MR) is 83.3 cm³/mol. The minimum absolute atomic E-state index is 0. The summed E-state index contributed by atoms with van der Waals surface area (Å²) in [7, 11) is 0. The van der Waals surface area contributed by atoms with E-state index in [-0.39, 0.29) is 98.6 Å². The van der Waals surface area contributed by atoms with Crippen LogP contribution in [0.2, 0.25) is 0 Å². The second-order valence-electron chi connectivity index (χ2n) is 0. The SMILES string of the molecule is C.C.C.CC.CC.CC.CC.CC.[Ar].[CH3-].[U]. The Kier molecular flexibility index (Phi) is 5530. The quantitative estimate of drug-likeness (QED) is 0.308. The second-order valence-corrected chi connectivity index (χ2v) is 0. The molecule has 0 aliphatic rings. The molecule has 0 nitrogen and oxygen atoms in total. The van der Waals surface area contributed by atoms with Crippen LogP contribution in [0, 0.1) is 76.3 Å². The summed E-state index contributed by atoms with van der Waals surface area (Å²) in [6, 6.07) is 0. The Labute approximate surface area is 166 Å². The van der Waals surface area contributed by atoms with Crippen molar-refractivity contribution in [2.45, 2.75) is 91.5 Å². The van der Waals surface area contributed by atoms with Crippen LogP contribution in [-0.4, -0.2) is 0 Å². The summed E-state index contributed by atoms with van der Waals surface area (Å²) in [5.74, 6) is 0. The summed E-state index contributed by atoms with van der Waals surface area (Å²) >= 11 is 0. The molecule has 0 spiro atoms. The molecule has 0 fully saturated rings. The van der Waals surface area contributed by atoms with Gasteiger partial charge in [0.15, 0.2) is 0 Å². The molecule has 114 valence electrons. The third kappa shape index (κ3) is 716. The van der Waals surface area contributed by atoms with Crippen molar-refractivity contribution in [3.05, 3.63) is 7.43 Å². The van der Waals surface area contributed by atoms with Gasteiger partial charge in [-0.1, -0.05) is 91.5 Å². The maximum Gasteiger partial charge on any atom is 0 e. The fourth-order valence-corrected chi connectivity index (χ4v) is 0. The Hall–Kier alpha value is 2.31. The van der Waals surface area contributed by atoms with Gasteiger partial charge in [-0.2, -0.15) is 0 Å². The molecule has 0 heterocycles. The van der Waals surface area contributed by atoms with E-state index in [9.17, 15) is 0 Å². The van der Waals surface area contributed by atoms with Crippen molar-refractivity contribution >= 4 is 0 Å². The zero-order valence-electron chi connectivity index (χ0n) is 11.9. The summed E-state index contributed by atoms with van der Waals surface area (Å²) < 4.78 is 0. The first-order valence-electron chi connectivity index (χ1n) is 5.00. The van der Waals surface area contributed by atoms with Crippen molar-refractivity contribution in [3.8, 4) is 0 Å². The molecule has 0 aromatic carbocycles. The molecular weight excluding hydrogens is 446 g/mol. The molecule has 0 saturated heterocycles. The third-order valence-electron chi connectivity index (χ3n) is 0. The molecule has 0 aromatic heterocycles. The van der Waals surface area contributed by atoms with Gasteiger partial charge in [-0.3, -0.25) is 0 Å². The maximum absolute atomic E-state index is 2.00. The van der Waals surface area contributed by atoms with E-state index in [1.807, 2.05) is 69.2 Å². The zero-order chi connectivity index (χ0) is 10.0. The molecule has 0 aliphatic carbocycles. The molecule has 0 bridgehead atoms. The standard InChI is InChI=1S/5C2H6.3CH4.CH3.Ar.U/c5*1-2;;;;;;/h5*1-2H3;3*1H4;1H3;;/q;;;;;;;;-1;;. The van der Waals surface area contributed by atoms with E-state index in [0.29, 0.717) is 0 Å². The van der Waals surface area contributed by atoms with Crippen molar-refractivity contribution in [1.29, 1.82) is 0 Å². The van der Waals surface area contributed by atoms with E-state index in [4.69, 9.17) is 0 Å². The Morgan fingerprint density at radius 2 is 0.375 bits per heavy atom. The van der Waals surface area contributed by atoms with Gasteiger partial charge in [0.25, 0.3) is 0 Å². The van der Waals surface area contributed by atoms with Crippen LogP contribution >= 0.6 is 0 Å². The molecule has 0 radical (unpaired) electrons. The van der Waals surface area contributed by atoms with Gasteiger partial charge in [-0.15, -0.1) is 0 Å². The van der Waals surface area contributed by atoms with Gasteiger partial charge in [0.05, 0.1) is 0 Å². The molecule has 0 saturated carbocycles. The van der Waals surface area contributed by atoms with Crippen LogP contribution < -0.4 is 0 Å². The van der Waals surface area contributed by atoms with E-state index in [1.54, 1.807) is 0 Å². The fraction of sp³-hybridized carbons (Fsp3) is 0.929. The summed E-state index contributed by atoms with van der Waals surface area (Å²) in [4.78, 5) is 0. The number of hydrogen-bond donors (Lipinski definition) is 0. The maximum atomic E-state index is 2.00. The van der Waals surface area contributed by atoms with Gasteiger partial charge in [-0.25, -0.2) is 0 Å². The number of hydrogen-bond acceptors (Lipinski definition) is 0. The molecule has 0 amide bonds. The minimum Gasteiger partial charge on any atom is -0.358 e. The average Bonchev–Trinajstić information content (AvgIpc) is 2.20. The van der Waals surface area contributed by atoms with Crippen LogP contribution in [0.5, 0.6) is 0 Å². The number of rotatable bonds is 0. The first-order valence-corrected chi connectivity index (χ1v) is 5.00. The fourth-order valence-electron chi connectivity index (χ4n) is 0. The summed E-state index contributed by atoms with van der Waals surface area (Å²) in [5.41, 5.74) is 0. The summed E-state index contributed by atoms with van der Waals surface area (Å²) in [6.07, 6.45) is 0. The second kappa shape index (κ2) is 862. The molecule has 0 aromatic rings. The summed E-state index contributed by atoms with van der Waals surface area (Å²) in [5, 5.41) is 0. The van der Waals surface area contributed by atoms with Gasteiger partial charge >= 0.3 is 0 Å². The van der Waals surface area contributed by atoms with E-state index >= 15 is 0 Å². The van der Waals surface area contributed by atoms with E-state index in [2.05, 4.69) is 0 Å². The molecule has 0 N–H and O–H groups in total. The van der Waals surface area contributed by atoms with Crippen LogP contribution in [0.25, 0.3) is 0 Å². The molecule has 16 heavy (non-hydrogen) atoms. The van der Waals surface area contributed by atoms with Crippen LogP contribution in [-0.2, 0) is 0 Å². The first kappa shape index (κ1) is 103. The van der Waals surface area contributed by atoms with Crippen molar-refractivity contribution in [2.75, 3.05) is 0 Å². The monoisotopic (exact) mass is 491 g/mol. The Bertz CT molecular complexity index is 10.7. The zero-order valence-corrected chi connectivity index (χ0v) is 16.7. The van der Waals surface area contributed by atoms with Crippen molar-refractivity contribution in [2.24, 2.45) is 0 Å². The Balaban J connectivity index is -0.00000000198. The summed E-state index contributed by atoms with van der Waals surface area (Å²) in [6.45, 7) is 20.0. The van der Waals surface area contributed by atoms with Crippen LogP contribution in [0.15, 0.2) is 0 Å². The molecular formula is C14H45ArU-. The first-order chi connectivity index (χ1) is 5.00. The van der Waals surface area contributed by atoms with Crippen molar-refractivity contribution < 1.29 is 68.9 Å². The normalized spacial score (nSPS) is 1.88. The topological polar surface area (TPSA) is 0 Å². The molecule has 0 unspecified atom stereocenters. The molecule has 0 rings (SSSR count). The van der Waals surface area contributed by atoms with Crippen LogP contribution in [0.3, 0.4) is 0 Å². The molecule has 0 aliphatic heterocycles. The van der Waals surface area contributed by atoms with Gasteiger partial charge in [0.1, 0.15) is 0 Å². The third-order valence-corrected chi connectivity index (χ3v) is 0. The van der Waals surface area contributed by atoms with E-state index in [0.717, 1.165) is 0 Å². The van der Waals surface area contributed by atoms with Crippen LogP contribution in [0.4, 0.5) is 0 Å². The average molecular weight is 491 g/mol. The minimum atomic E-state index is 0. The Morgan fingerprint density at radius 3 is 0.375 bits per heavy atom. The van der Waals surface area contributed by atoms with E-state index in [1.165, 1.54) is 0 Å². The molecule has 0 atom stereocenters. The molecule has 2 heteroatoms. The van der Waals surface area contributed by atoms with Gasteiger partial charge in [0.2, 0.25) is 0 Å². The Morgan fingerprint density at radius 1 is 0.375 bits per heavy atom. The largest absolute Gasteiger partial charge is 0.358 e. The predicted octanol–water partition coefficient (Wildman–Crippen LogP) is 7.49. The van der Waals surface area contributed by atoms with Gasteiger partial charge < -0.3 is 7.43 Å².